The summed E-state index contributed by atoms with van der Waals surface area (Å²) in [6.45, 7) is 0. The lowest BCUT2D eigenvalue weighted by Crippen LogP contribution is -2.22. The van der Waals surface area contributed by atoms with Gasteiger partial charge < -0.3 is 13.6 Å². The minimum absolute atomic E-state index is 0.0415. The zero-order valence-corrected chi connectivity index (χ0v) is 40.5. The van der Waals surface area contributed by atoms with E-state index in [1.807, 2.05) is 12.1 Å². The first kappa shape index (κ1) is 43.2. The Morgan fingerprint density at radius 3 is 1.75 bits per heavy atom. The molecule has 73 heavy (non-hydrogen) atoms. The number of hydrogen-bond donors (Lipinski definition) is 0. The molecule has 4 unspecified atom stereocenters. The molecule has 0 bridgehead atoms. The van der Waals surface area contributed by atoms with Gasteiger partial charge in [-0.15, -0.1) is 0 Å². The Kier molecular flexibility index (Phi) is 10.8. The van der Waals surface area contributed by atoms with E-state index in [1.165, 1.54) is 50.1 Å². The molecule has 0 radical (unpaired) electrons. The van der Waals surface area contributed by atoms with E-state index in [1.54, 1.807) is 0 Å². The first-order valence-corrected chi connectivity index (χ1v) is 25.9. The minimum Gasteiger partial charge on any atom is -0.489 e. The van der Waals surface area contributed by atoms with E-state index in [-0.39, 0.29) is 12.0 Å². The van der Waals surface area contributed by atoms with E-state index >= 15 is 0 Å². The second-order valence-electron chi connectivity index (χ2n) is 20.1. The number of para-hydroxylation sites is 4. The van der Waals surface area contributed by atoms with Crippen LogP contribution in [0.3, 0.4) is 0 Å². The number of ether oxygens (including phenoxy) is 1. The maximum atomic E-state index is 6.65. The zero-order chi connectivity index (χ0) is 48.2. The fourth-order valence-electron chi connectivity index (χ4n) is 12.1. The van der Waals surface area contributed by atoms with Gasteiger partial charge in [0.15, 0.2) is 0 Å². The van der Waals surface area contributed by atoms with E-state index in [0.29, 0.717) is 11.8 Å². The van der Waals surface area contributed by atoms with Gasteiger partial charge in [0, 0.05) is 50.1 Å². The van der Waals surface area contributed by atoms with Crippen LogP contribution in [-0.2, 0) is 17.6 Å². The van der Waals surface area contributed by atoms with Gasteiger partial charge in [0.1, 0.15) is 34.2 Å². The number of fused-ring (bicyclic) bond motifs is 9. The lowest BCUT2D eigenvalue weighted by molar-refractivity contribution is 0.193. The van der Waals surface area contributed by atoms with Crippen molar-refractivity contribution in [1.82, 2.24) is 0 Å². The molecule has 0 amide bonds. The molecule has 1 saturated heterocycles. The van der Waals surface area contributed by atoms with Crippen LogP contribution >= 0.6 is 0 Å². The third-order valence-corrected chi connectivity index (χ3v) is 15.9. The first-order valence-electron chi connectivity index (χ1n) is 25.9. The normalized spacial score (nSPS) is 17.4. The summed E-state index contributed by atoms with van der Waals surface area (Å²) in [7, 11) is 0. The molecule has 11 aromatic rings. The zero-order valence-electron chi connectivity index (χ0n) is 40.5. The largest absolute Gasteiger partial charge is 0.489 e. The smallest absolute Gasteiger partial charge is 0.143 e. The fraction of sp³-hybridized carbons (Fsp3) is 0.114. The highest BCUT2D eigenvalue weighted by molar-refractivity contribution is 6.10. The van der Waals surface area contributed by atoms with Crippen LogP contribution in [0.4, 0.5) is 0 Å². The maximum absolute atomic E-state index is 6.65. The Morgan fingerprint density at radius 2 is 1.05 bits per heavy atom. The van der Waals surface area contributed by atoms with Crippen molar-refractivity contribution in [2.24, 2.45) is 11.8 Å². The molecule has 9 aromatic carbocycles. The second-order valence-corrected chi connectivity index (χ2v) is 20.1. The summed E-state index contributed by atoms with van der Waals surface area (Å²) in [5.41, 5.74) is 19.7. The van der Waals surface area contributed by atoms with Crippen molar-refractivity contribution in [2.75, 3.05) is 0 Å². The number of aryl methyl sites for hydroxylation is 1. The molecular formula is C70H52O3. The van der Waals surface area contributed by atoms with Gasteiger partial charge in [-0.1, -0.05) is 225 Å². The van der Waals surface area contributed by atoms with Crippen LogP contribution in [0.15, 0.2) is 257 Å². The molecule has 14 rings (SSSR count). The summed E-state index contributed by atoms with van der Waals surface area (Å²) in [6, 6.07) is 75.2. The number of hydrogen-bond acceptors (Lipinski definition) is 3. The molecule has 1 fully saturated rings. The minimum atomic E-state index is 0.0415. The highest BCUT2D eigenvalue weighted by atomic mass is 16.5. The standard InChI is InChI=1S/C70H52O3/c1-2-13-46(14-3-1)53-41-42-55(48-35-37-51(38-36-48)58-20-12-23-64-61-17-6-9-26-67(61)73-70(58)64)54(44-53)40-39-52(47-31-33-50(34-32-47)57-19-11-22-63-60-16-5-8-25-66(60)72-69(57)63)43-45-27-29-49(30-28-45)56-18-10-21-62-59-15-4-7-24-65(59)71-68(56)62/h1-16,18-38,41-42,44,52,61,64,70H,17,39-40,43H2. The van der Waals surface area contributed by atoms with Gasteiger partial charge in [-0.3, -0.25) is 0 Å². The van der Waals surface area contributed by atoms with Crippen molar-refractivity contribution in [3.05, 3.63) is 271 Å². The molecule has 3 aliphatic rings. The van der Waals surface area contributed by atoms with Crippen LogP contribution in [0.5, 0.6) is 0 Å². The van der Waals surface area contributed by atoms with Gasteiger partial charge >= 0.3 is 0 Å². The van der Waals surface area contributed by atoms with Crippen LogP contribution in [0.25, 0.3) is 94.0 Å². The molecule has 4 atom stereocenters. The highest BCUT2D eigenvalue weighted by Crippen LogP contribution is 2.48. The molecule has 1 aliphatic heterocycles. The van der Waals surface area contributed by atoms with E-state index in [9.17, 15) is 0 Å². The molecule has 2 aliphatic carbocycles. The highest BCUT2D eigenvalue weighted by Gasteiger charge is 2.43. The maximum Gasteiger partial charge on any atom is 0.143 e. The number of furan rings is 2. The third-order valence-electron chi connectivity index (χ3n) is 15.9. The van der Waals surface area contributed by atoms with Crippen molar-refractivity contribution in [3.8, 4) is 44.5 Å². The molecule has 3 nitrogen and oxygen atoms in total. The lowest BCUT2D eigenvalue weighted by Gasteiger charge is -2.24. The summed E-state index contributed by atoms with van der Waals surface area (Å²) in [6.07, 6.45) is 17.2. The van der Waals surface area contributed by atoms with E-state index in [4.69, 9.17) is 13.6 Å². The van der Waals surface area contributed by atoms with Crippen LogP contribution in [0.2, 0.25) is 0 Å². The van der Waals surface area contributed by atoms with E-state index in [0.717, 1.165) is 97.6 Å². The average Bonchev–Trinajstić information content (AvgIpc) is 4.17. The van der Waals surface area contributed by atoms with Crippen LogP contribution in [0.1, 0.15) is 41.0 Å². The molecule has 2 aromatic heterocycles. The number of allylic oxidation sites excluding steroid dienone is 6. The molecule has 3 heteroatoms. The third kappa shape index (κ3) is 7.84. The predicted octanol–water partition coefficient (Wildman–Crippen LogP) is 18.5. The summed E-state index contributed by atoms with van der Waals surface area (Å²) in [4.78, 5) is 0. The molecule has 0 spiro atoms. The molecular weight excluding hydrogens is 889 g/mol. The molecule has 3 heterocycles. The van der Waals surface area contributed by atoms with Crippen LogP contribution < -0.4 is 0 Å². The Morgan fingerprint density at radius 1 is 0.466 bits per heavy atom. The SMILES string of the molecule is C1=CCC2C(=C1)OC1C(c3ccc(-c4ccc(-c5ccccc5)cc4CCC(Cc4ccc(-c5cccc6c5oc5ccccc56)cc4)c4ccc(-c5cccc6c5oc5ccccc56)cc4)cc3)=CC=CC21. The van der Waals surface area contributed by atoms with Gasteiger partial charge in [-0.05, 0) is 105 Å². The predicted molar refractivity (Wildman–Crippen MR) is 301 cm³/mol. The van der Waals surface area contributed by atoms with Crippen LogP contribution in [-0.4, -0.2) is 6.10 Å². The Balaban J connectivity index is 0.802. The molecule has 0 N–H and O–H groups in total. The van der Waals surface area contributed by atoms with Gasteiger partial charge in [-0.25, -0.2) is 0 Å². The fourth-order valence-corrected chi connectivity index (χ4v) is 12.1. The van der Waals surface area contributed by atoms with Crippen molar-refractivity contribution < 1.29 is 13.6 Å². The monoisotopic (exact) mass is 940 g/mol. The van der Waals surface area contributed by atoms with E-state index in [2.05, 4.69) is 231 Å². The summed E-state index contributed by atoms with van der Waals surface area (Å²) >= 11 is 0. The molecule has 350 valence electrons. The Labute approximate surface area is 425 Å². The van der Waals surface area contributed by atoms with Gasteiger partial charge in [0.25, 0.3) is 0 Å². The van der Waals surface area contributed by atoms with Crippen molar-refractivity contribution in [2.45, 2.75) is 37.7 Å². The summed E-state index contributed by atoms with van der Waals surface area (Å²) < 4.78 is 19.6. The van der Waals surface area contributed by atoms with Crippen molar-refractivity contribution in [1.29, 1.82) is 0 Å². The first-order chi connectivity index (χ1) is 36.2. The summed E-state index contributed by atoms with van der Waals surface area (Å²) in [5.74, 6) is 2.15. The Hall–Kier alpha value is -8.66. The van der Waals surface area contributed by atoms with Crippen molar-refractivity contribution >= 4 is 49.5 Å². The number of rotatable bonds is 11. The van der Waals surface area contributed by atoms with E-state index < -0.39 is 0 Å². The Bertz CT molecular complexity index is 3990. The topological polar surface area (TPSA) is 35.5 Å². The quantitative estimate of drug-likeness (QED) is 0.130. The summed E-state index contributed by atoms with van der Waals surface area (Å²) in [5, 5.41) is 4.58. The van der Waals surface area contributed by atoms with Gasteiger partial charge in [0.05, 0.1) is 0 Å². The average molecular weight is 941 g/mol. The lowest BCUT2D eigenvalue weighted by atomic mass is 9.79. The second kappa shape index (κ2) is 18.2. The molecule has 0 saturated carbocycles. The van der Waals surface area contributed by atoms with Gasteiger partial charge in [0.2, 0.25) is 0 Å². The number of benzene rings is 9. The van der Waals surface area contributed by atoms with Gasteiger partial charge in [-0.2, -0.15) is 0 Å². The van der Waals surface area contributed by atoms with Crippen molar-refractivity contribution in [3.63, 3.8) is 0 Å². The van der Waals surface area contributed by atoms with Crippen LogP contribution in [0, 0.1) is 11.8 Å².